The molecule has 1 atom stereocenters. The highest BCUT2D eigenvalue weighted by molar-refractivity contribution is 6.06. The first-order valence-electron chi connectivity index (χ1n) is 7.39. The van der Waals surface area contributed by atoms with Crippen molar-refractivity contribution >= 4 is 11.9 Å². The number of aryl methyl sites for hydroxylation is 1. The first-order valence-corrected chi connectivity index (χ1v) is 7.39. The van der Waals surface area contributed by atoms with E-state index in [9.17, 15) is 14.4 Å². The highest BCUT2D eigenvalue weighted by Crippen LogP contribution is 2.31. The Morgan fingerprint density at radius 3 is 2.43 bits per heavy atom. The second-order valence-electron chi connectivity index (χ2n) is 6.61. The van der Waals surface area contributed by atoms with Gasteiger partial charge >= 0.3 is 5.97 Å². The van der Waals surface area contributed by atoms with Crippen molar-refractivity contribution in [1.29, 1.82) is 0 Å². The fourth-order valence-corrected chi connectivity index (χ4v) is 2.82. The minimum atomic E-state index is -1.07. The van der Waals surface area contributed by atoms with Crippen LogP contribution in [0.25, 0.3) is 5.69 Å². The van der Waals surface area contributed by atoms with Gasteiger partial charge in [0.1, 0.15) is 5.60 Å². The van der Waals surface area contributed by atoms with Gasteiger partial charge in [-0.1, -0.05) is 18.2 Å². The molecule has 1 aromatic carbocycles. The first-order chi connectivity index (χ1) is 10.7. The summed E-state index contributed by atoms with van der Waals surface area (Å²) in [5.74, 6) is -2.16. The Hall–Kier alpha value is -2.63. The Morgan fingerprint density at radius 1 is 1.13 bits per heavy atom. The Bertz CT molecular complexity index is 867. The van der Waals surface area contributed by atoms with Crippen LogP contribution in [0.15, 0.2) is 35.1 Å². The molecule has 2 aromatic rings. The second-order valence-corrected chi connectivity index (χ2v) is 6.61. The van der Waals surface area contributed by atoms with E-state index in [1.165, 1.54) is 15.4 Å². The predicted octanol–water partition coefficient (Wildman–Crippen LogP) is 2.03. The van der Waals surface area contributed by atoms with Crippen LogP contribution in [0.4, 0.5) is 0 Å². The number of para-hydroxylation sites is 1. The number of carbonyl (C=O) groups excluding carboxylic acids is 2. The monoisotopic (exact) mass is 314 g/mol. The zero-order valence-corrected chi connectivity index (χ0v) is 13.5. The number of esters is 1. The van der Waals surface area contributed by atoms with Gasteiger partial charge in [0.25, 0.3) is 11.5 Å². The smallest absolute Gasteiger partial charge is 0.323 e. The van der Waals surface area contributed by atoms with E-state index in [1.807, 2.05) is 0 Å². The predicted molar refractivity (Wildman–Crippen MR) is 84.0 cm³/mol. The molecule has 6 nitrogen and oxygen atoms in total. The van der Waals surface area contributed by atoms with Crippen molar-refractivity contribution in [2.24, 2.45) is 0 Å². The van der Waals surface area contributed by atoms with Crippen LogP contribution in [-0.2, 0) is 9.53 Å². The summed E-state index contributed by atoms with van der Waals surface area (Å²) in [6, 6.07) is 8.28. The number of hydrogen-bond donors (Lipinski definition) is 0. The fraction of sp³-hybridized carbons (Fsp3) is 0.353. The maximum absolute atomic E-state index is 12.8. The third-order valence-electron chi connectivity index (χ3n) is 3.65. The van der Waals surface area contributed by atoms with Crippen molar-refractivity contribution in [3.8, 4) is 5.69 Å². The summed E-state index contributed by atoms with van der Waals surface area (Å²) in [6.07, 6.45) is 0. The van der Waals surface area contributed by atoms with Gasteiger partial charge < -0.3 is 4.74 Å². The van der Waals surface area contributed by atoms with Gasteiger partial charge in [-0.05, 0) is 33.8 Å². The first kappa shape index (κ1) is 15.3. The number of aromatic nitrogens is 2. The van der Waals surface area contributed by atoms with E-state index in [1.54, 1.807) is 52.0 Å². The molecule has 0 N–H and O–H groups in total. The molecule has 0 fully saturated rings. The number of benzene rings is 1. The summed E-state index contributed by atoms with van der Waals surface area (Å²) in [5, 5.41) is 0. The topological polar surface area (TPSA) is 70.3 Å². The van der Waals surface area contributed by atoms with Crippen LogP contribution in [0, 0.1) is 6.92 Å². The molecule has 0 aliphatic carbocycles. The molecule has 0 bridgehead atoms. The summed E-state index contributed by atoms with van der Waals surface area (Å²) in [5.41, 5.74) is 0.504. The number of ether oxygens (including phenoxy) is 1. The highest BCUT2D eigenvalue weighted by Gasteiger charge is 2.40. The van der Waals surface area contributed by atoms with Crippen molar-refractivity contribution in [3.63, 3.8) is 0 Å². The maximum atomic E-state index is 12.8. The molecule has 1 aromatic heterocycles. The molecule has 3 rings (SSSR count). The molecule has 1 aliphatic heterocycles. The van der Waals surface area contributed by atoms with Crippen LogP contribution in [0.5, 0.6) is 0 Å². The SMILES string of the molecule is Cc1cc(=O)n2n1C(=O)C(C(=O)OC(C)(C)C)c1ccccc1-2. The number of nitrogens with zero attached hydrogens (tertiary/aromatic N) is 2. The maximum Gasteiger partial charge on any atom is 0.323 e. The molecular formula is C17H18N2O4. The largest absolute Gasteiger partial charge is 0.459 e. The number of rotatable bonds is 1. The van der Waals surface area contributed by atoms with Gasteiger partial charge in [0, 0.05) is 17.3 Å². The average Bonchev–Trinajstić information content (AvgIpc) is 2.73. The molecule has 6 heteroatoms. The van der Waals surface area contributed by atoms with Gasteiger partial charge in [-0.25, -0.2) is 9.36 Å². The lowest BCUT2D eigenvalue weighted by Gasteiger charge is -2.29. The highest BCUT2D eigenvalue weighted by atomic mass is 16.6. The Morgan fingerprint density at radius 2 is 1.78 bits per heavy atom. The summed E-state index contributed by atoms with van der Waals surface area (Å²) < 4.78 is 7.95. The Balaban J connectivity index is 2.21. The molecule has 1 aliphatic rings. The van der Waals surface area contributed by atoms with E-state index in [0.717, 1.165) is 0 Å². The third kappa shape index (κ3) is 2.40. The lowest BCUT2D eigenvalue weighted by molar-refractivity contribution is -0.155. The van der Waals surface area contributed by atoms with Crippen LogP contribution >= 0.6 is 0 Å². The van der Waals surface area contributed by atoms with Crippen LogP contribution in [0.3, 0.4) is 0 Å². The van der Waals surface area contributed by atoms with Gasteiger partial charge in [0.2, 0.25) is 0 Å². The molecule has 23 heavy (non-hydrogen) atoms. The van der Waals surface area contributed by atoms with Crippen LogP contribution in [0.1, 0.15) is 42.7 Å². The zero-order valence-electron chi connectivity index (χ0n) is 13.5. The van der Waals surface area contributed by atoms with E-state index < -0.39 is 23.4 Å². The minimum absolute atomic E-state index is 0.300. The van der Waals surface area contributed by atoms with Crippen molar-refractivity contribution in [3.05, 3.63) is 51.9 Å². The average molecular weight is 314 g/mol. The molecule has 2 heterocycles. The molecule has 120 valence electrons. The van der Waals surface area contributed by atoms with Gasteiger partial charge in [-0.2, -0.15) is 0 Å². The third-order valence-corrected chi connectivity index (χ3v) is 3.65. The second kappa shape index (κ2) is 4.94. The van der Waals surface area contributed by atoms with E-state index in [4.69, 9.17) is 4.74 Å². The normalized spacial score (nSPS) is 16.7. The van der Waals surface area contributed by atoms with Crippen LogP contribution in [-0.4, -0.2) is 26.8 Å². The molecule has 1 unspecified atom stereocenters. The molecule has 0 radical (unpaired) electrons. The Kier molecular flexibility index (Phi) is 3.28. The van der Waals surface area contributed by atoms with Gasteiger partial charge in [-0.15, -0.1) is 0 Å². The van der Waals surface area contributed by atoms with Crippen molar-refractivity contribution in [1.82, 2.24) is 9.36 Å². The van der Waals surface area contributed by atoms with E-state index in [-0.39, 0.29) is 5.56 Å². The lowest BCUT2D eigenvalue weighted by Crippen LogP contribution is -2.41. The lowest BCUT2D eigenvalue weighted by atomic mass is 9.94. The van der Waals surface area contributed by atoms with Crippen molar-refractivity contribution < 1.29 is 14.3 Å². The van der Waals surface area contributed by atoms with Crippen molar-refractivity contribution in [2.45, 2.75) is 39.2 Å². The van der Waals surface area contributed by atoms with Crippen molar-refractivity contribution in [2.75, 3.05) is 0 Å². The van der Waals surface area contributed by atoms with E-state index in [2.05, 4.69) is 0 Å². The summed E-state index contributed by atoms with van der Waals surface area (Å²) >= 11 is 0. The van der Waals surface area contributed by atoms with E-state index >= 15 is 0 Å². The molecule has 0 saturated carbocycles. The van der Waals surface area contributed by atoms with E-state index in [0.29, 0.717) is 16.9 Å². The van der Waals surface area contributed by atoms with Crippen LogP contribution < -0.4 is 5.56 Å². The number of hydrogen-bond acceptors (Lipinski definition) is 4. The summed E-state index contributed by atoms with van der Waals surface area (Å²) in [6.45, 7) is 6.92. The molecule has 0 spiro atoms. The minimum Gasteiger partial charge on any atom is -0.459 e. The number of carbonyl (C=O) groups is 2. The number of fused-ring (bicyclic) bond motifs is 3. The molecule has 0 amide bonds. The molecular weight excluding hydrogens is 296 g/mol. The van der Waals surface area contributed by atoms with Gasteiger partial charge in [-0.3, -0.25) is 14.4 Å². The summed E-state index contributed by atoms with van der Waals surface area (Å²) in [7, 11) is 0. The van der Waals surface area contributed by atoms with Crippen LogP contribution in [0.2, 0.25) is 0 Å². The zero-order chi connectivity index (χ0) is 16.9. The summed E-state index contributed by atoms with van der Waals surface area (Å²) in [4.78, 5) is 37.6. The van der Waals surface area contributed by atoms with Gasteiger partial charge in [0.05, 0.1) is 5.69 Å². The Labute approximate surface area is 133 Å². The fourth-order valence-electron chi connectivity index (χ4n) is 2.82. The van der Waals surface area contributed by atoms with Gasteiger partial charge in [0.15, 0.2) is 5.92 Å². The standard InChI is InChI=1S/C17H18N2O4/c1-10-9-13(20)19-12-8-6-5-7-11(12)14(15(21)18(10)19)16(22)23-17(2,3)4/h5-9,14H,1-4H3. The molecule has 0 saturated heterocycles. The quantitative estimate of drug-likeness (QED) is 0.596.